The minimum absolute atomic E-state index is 0.0454. The average Bonchev–Trinajstić information content (AvgIpc) is 3.45. The quantitative estimate of drug-likeness (QED) is 0.332. The van der Waals surface area contributed by atoms with E-state index in [9.17, 15) is 15.2 Å². The molecule has 2 fully saturated rings. The first kappa shape index (κ1) is 29.0. The minimum Gasteiger partial charge on any atom is -0.432 e. The highest BCUT2D eigenvalue weighted by Crippen LogP contribution is 2.42. The number of rotatable bonds is 10. The van der Waals surface area contributed by atoms with Crippen molar-refractivity contribution in [1.82, 2.24) is 14.6 Å². The Labute approximate surface area is 228 Å². The molecule has 39 heavy (non-hydrogen) atoms. The number of nitrogens with two attached hydrogens (primary N) is 1. The topological polar surface area (TPSA) is 163 Å². The predicted molar refractivity (Wildman–Crippen MR) is 139 cm³/mol. The lowest BCUT2D eigenvalue weighted by atomic mass is 9.71. The molecule has 214 valence electrons. The van der Waals surface area contributed by atoms with Gasteiger partial charge >= 0.3 is 6.16 Å². The number of nitrogen functional groups attached to an aromatic ring is 1. The molecule has 12 heteroatoms. The van der Waals surface area contributed by atoms with Crippen LogP contribution in [0.5, 0.6) is 0 Å². The summed E-state index contributed by atoms with van der Waals surface area (Å²) >= 11 is 0. The number of carbonyl (C=O) groups excluding carboxylic acids is 1. The number of carbonyl (C=O) groups is 1. The summed E-state index contributed by atoms with van der Waals surface area (Å²) in [5.41, 5.74) is 4.80. The smallest absolute Gasteiger partial charge is 0.432 e. The fraction of sp³-hybridized carbons (Fsp3) is 0.704. The van der Waals surface area contributed by atoms with Gasteiger partial charge in [-0.2, -0.15) is 10.4 Å². The van der Waals surface area contributed by atoms with Crippen LogP contribution in [-0.4, -0.2) is 70.3 Å². The van der Waals surface area contributed by atoms with Crippen molar-refractivity contribution in [3.05, 3.63) is 24.2 Å². The van der Waals surface area contributed by atoms with Gasteiger partial charge in [-0.25, -0.2) is 14.3 Å². The van der Waals surface area contributed by atoms with Crippen LogP contribution in [0.25, 0.3) is 5.52 Å². The second-order valence-corrected chi connectivity index (χ2v) is 11.3. The number of hydrogen-bond donors (Lipinski definition) is 2. The van der Waals surface area contributed by atoms with Gasteiger partial charge in [0.05, 0.1) is 25.0 Å². The molecule has 3 heterocycles. The van der Waals surface area contributed by atoms with Gasteiger partial charge in [0.2, 0.25) is 5.60 Å². The van der Waals surface area contributed by atoms with E-state index in [1.807, 2.05) is 0 Å². The molecule has 4 atom stereocenters. The van der Waals surface area contributed by atoms with E-state index in [4.69, 9.17) is 29.4 Å². The molecule has 1 saturated carbocycles. The summed E-state index contributed by atoms with van der Waals surface area (Å²) in [5.74, 6) is 0.774. The first-order valence-electron chi connectivity index (χ1n) is 13.5. The molecule has 3 N–H and O–H groups in total. The van der Waals surface area contributed by atoms with Crippen LogP contribution in [0.15, 0.2) is 18.5 Å². The predicted octanol–water partition coefficient (Wildman–Crippen LogP) is 3.32. The molecule has 0 amide bonds. The first-order chi connectivity index (χ1) is 18.6. The molecule has 1 aliphatic carbocycles. The summed E-state index contributed by atoms with van der Waals surface area (Å²) in [6.45, 7) is 7.81. The van der Waals surface area contributed by atoms with E-state index >= 15 is 0 Å². The van der Waals surface area contributed by atoms with Crippen LogP contribution in [0.1, 0.15) is 65.5 Å². The van der Waals surface area contributed by atoms with Gasteiger partial charge in [0.25, 0.3) is 0 Å². The number of hydrogen-bond acceptors (Lipinski definition) is 11. The first-order valence-corrected chi connectivity index (χ1v) is 13.5. The molecule has 0 radical (unpaired) electrons. The Morgan fingerprint density at radius 3 is 2.77 bits per heavy atom. The van der Waals surface area contributed by atoms with Gasteiger partial charge in [0.15, 0.2) is 12.6 Å². The molecular formula is C27H39N5O7. The van der Waals surface area contributed by atoms with Crippen molar-refractivity contribution in [3.8, 4) is 6.07 Å². The highest BCUT2D eigenvalue weighted by molar-refractivity contribution is 5.66. The molecule has 0 aromatic carbocycles. The van der Waals surface area contributed by atoms with E-state index in [1.165, 1.54) is 42.9 Å². The van der Waals surface area contributed by atoms with E-state index in [0.29, 0.717) is 18.0 Å². The van der Waals surface area contributed by atoms with Crippen molar-refractivity contribution in [2.24, 2.45) is 11.3 Å². The Kier molecular flexibility index (Phi) is 8.96. The average molecular weight is 546 g/mol. The number of aliphatic hydroxyl groups is 1. The summed E-state index contributed by atoms with van der Waals surface area (Å²) in [6, 6.07) is 5.38. The van der Waals surface area contributed by atoms with Gasteiger partial charge in [0.1, 0.15) is 36.2 Å². The molecule has 1 aliphatic heterocycles. The normalized spacial score (nSPS) is 26.1. The summed E-state index contributed by atoms with van der Waals surface area (Å²) in [7, 11) is 0. The van der Waals surface area contributed by atoms with Gasteiger partial charge in [0, 0.05) is 0 Å². The fourth-order valence-corrected chi connectivity index (χ4v) is 5.56. The maximum Gasteiger partial charge on any atom is 0.510 e. The van der Waals surface area contributed by atoms with Crippen LogP contribution < -0.4 is 5.73 Å². The molecule has 2 aromatic rings. The molecule has 2 aromatic heterocycles. The molecule has 4 rings (SSSR count). The van der Waals surface area contributed by atoms with Gasteiger partial charge in [-0.05, 0) is 50.2 Å². The maximum absolute atomic E-state index is 11.8. The number of aromatic nitrogens is 3. The van der Waals surface area contributed by atoms with Gasteiger partial charge in [-0.15, -0.1) is 0 Å². The van der Waals surface area contributed by atoms with Crippen molar-refractivity contribution >= 4 is 17.5 Å². The number of nitrogens with zero attached hydrogens (tertiary/aromatic N) is 4. The lowest BCUT2D eigenvalue weighted by Gasteiger charge is -2.37. The van der Waals surface area contributed by atoms with Crippen molar-refractivity contribution in [2.75, 3.05) is 25.7 Å². The SMILES string of the molecule is CC(C)OC(=O)OCO[C@H]1[C@@H](O)[C@](C#N)(c2ccc3c(N)ncnn23)O[C@@H]1COCC(C)(C)C1CCCCC1. The highest BCUT2D eigenvalue weighted by Gasteiger charge is 2.58. The number of nitriles is 1. The van der Waals surface area contributed by atoms with Crippen molar-refractivity contribution in [2.45, 2.75) is 89.8 Å². The zero-order valence-electron chi connectivity index (χ0n) is 23.0. The highest BCUT2D eigenvalue weighted by atomic mass is 16.8. The second-order valence-electron chi connectivity index (χ2n) is 11.3. The summed E-state index contributed by atoms with van der Waals surface area (Å²) in [4.78, 5) is 15.8. The Morgan fingerprint density at radius 1 is 1.33 bits per heavy atom. The van der Waals surface area contributed by atoms with Crippen LogP contribution in [0.3, 0.4) is 0 Å². The summed E-state index contributed by atoms with van der Waals surface area (Å²) in [5, 5.41) is 26.0. The van der Waals surface area contributed by atoms with Gasteiger partial charge < -0.3 is 34.5 Å². The second kappa shape index (κ2) is 12.0. The van der Waals surface area contributed by atoms with Crippen LogP contribution in [0, 0.1) is 22.7 Å². The third kappa shape index (κ3) is 6.11. The third-order valence-corrected chi connectivity index (χ3v) is 7.70. The van der Waals surface area contributed by atoms with E-state index in [-0.39, 0.29) is 29.6 Å². The van der Waals surface area contributed by atoms with E-state index < -0.39 is 36.9 Å². The van der Waals surface area contributed by atoms with E-state index in [0.717, 1.165) is 0 Å². The number of aliphatic hydroxyl groups excluding tert-OH is 1. The van der Waals surface area contributed by atoms with E-state index in [2.05, 4.69) is 30.0 Å². The summed E-state index contributed by atoms with van der Waals surface area (Å²) < 4.78 is 29.6. The monoisotopic (exact) mass is 545 g/mol. The Balaban J connectivity index is 1.53. The van der Waals surface area contributed by atoms with Crippen LogP contribution in [-0.2, 0) is 29.3 Å². The zero-order chi connectivity index (χ0) is 28.2. The van der Waals surface area contributed by atoms with Crippen LogP contribution in [0.2, 0.25) is 0 Å². The van der Waals surface area contributed by atoms with E-state index in [1.54, 1.807) is 26.0 Å². The standard InChI is InChI=1S/C27H39N5O7/c1-17(2)38-25(34)37-16-36-22-20(12-35-14-26(3,4)18-8-6-5-7-9-18)39-27(13-28,23(22)33)21-11-10-19-24(29)30-15-31-32(19)21/h10-11,15,17-18,20,22-23,33H,5-9,12,14,16H2,1-4H3,(H2,29,30,31)/t20-,22-,23-,27+/m1/s1. The Hall–Kier alpha value is -2.98. The molecule has 12 nitrogen and oxygen atoms in total. The Morgan fingerprint density at radius 2 is 2.08 bits per heavy atom. The molecular weight excluding hydrogens is 506 g/mol. The van der Waals surface area contributed by atoms with Crippen molar-refractivity contribution in [3.63, 3.8) is 0 Å². The number of fused-ring (bicyclic) bond motifs is 1. The number of anilines is 1. The molecule has 0 spiro atoms. The lowest BCUT2D eigenvalue weighted by molar-refractivity contribution is -0.130. The number of ether oxygens (including phenoxy) is 5. The molecule has 0 unspecified atom stereocenters. The van der Waals surface area contributed by atoms with Crippen LogP contribution in [0.4, 0.5) is 10.6 Å². The summed E-state index contributed by atoms with van der Waals surface area (Å²) in [6.07, 6.45) is 2.69. The zero-order valence-corrected chi connectivity index (χ0v) is 23.0. The van der Waals surface area contributed by atoms with Crippen molar-refractivity contribution < 1.29 is 33.6 Å². The van der Waals surface area contributed by atoms with Gasteiger partial charge in [-0.3, -0.25) is 0 Å². The molecule has 0 bridgehead atoms. The van der Waals surface area contributed by atoms with Crippen LogP contribution >= 0.6 is 0 Å². The maximum atomic E-state index is 11.8. The lowest BCUT2D eigenvalue weighted by Crippen LogP contribution is -2.42. The molecule has 1 saturated heterocycles. The minimum atomic E-state index is -1.86. The third-order valence-electron chi connectivity index (χ3n) is 7.70. The Bertz CT molecular complexity index is 1170. The largest absolute Gasteiger partial charge is 0.510 e. The van der Waals surface area contributed by atoms with Crippen molar-refractivity contribution in [1.29, 1.82) is 5.26 Å². The molecule has 2 aliphatic rings. The fourth-order valence-electron chi connectivity index (χ4n) is 5.56. The van der Waals surface area contributed by atoms with Gasteiger partial charge in [-0.1, -0.05) is 33.1 Å².